The molecule has 8 heteroatoms. The van der Waals surface area contributed by atoms with Gasteiger partial charge in [-0.1, -0.05) is 30.3 Å². The molecule has 0 aliphatic carbocycles. The molecule has 0 radical (unpaired) electrons. The van der Waals surface area contributed by atoms with Gasteiger partial charge in [-0.2, -0.15) is 0 Å². The summed E-state index contributed by atoms with van der Waals surface area (Å²) in [6.07, 6.45) is -0.375. The van der Waals surface area contributed by atoms with E-state index >= 15 is 0 Å². The number of carbonyl (C=O) groups excluding carboxylic acids is 3. The van der Waals surface area contributed by atoms with Crippen molar-refractivity contribution in [1.82, 2.24) is 5.32 Å². The van der Waals surface area contributed by atoms with Crippen LogP contribution in [0.15, 0.2) is 54.6 Å². The Balaban J connectivity index is 2.03. The lowest BCUT2D eigenvalue weighted by Crippen LogP contribution is -2.45. The summed E-state index contributed by atoms with van der Waals surface area (Å²) in [5.41, 5.74) is 2.00. The number of anilines is 2. The summed E-state index contributed by atoms with van der Waals surface area (Å²) in [4.78, 5) is 35.8. The van der Waals surface area contributed by atoms with Gasteiger partial charge in [0.2, 0.25) is 11.8 Å². The molecule has 2 rings (SSSR count). The number of carbonyl (C=O) groups is 3. The number of ether oxygens (including phenoxy) is 2. The zero-order valence-corrected chi connectivity index (χ0v) is 15.7. The van der Waals surface area contributed by atoms with Gasteiger partial charge in [0, 0.05) is 24.9 Å². The molecular formula is C20H23N3O5. The molecule has 0 fully saturated rings. The van der Waals surface area contributed by atoms with Gasteiger partial charge in [0.25, 0.3) is 0 Å². The van der Waals surface area contributed by atoms with Crippen LogP contribution in [0.4, 0.5) is 16.2 Å². The Bertz CT molecular complexity index is 793. The molecule has 1 atom stereocenters. The lowest BCUT2D eigenvalue weighted by atomic mass is 10.1. The summed E-state index contributed by atoms with van der Waals surface area (Å²) in [5, 5.41) is 7.96. The Morgan fingerprint density at radius 2 is 1.50 bits per heavy atom. The molecule has 2 aromatic rings. The topological polar surface area (TPSA) is 106 Å². The average molecular weight is 385 g/mol. The summed E-state index contributed by atoms with van der Waals surface area (Å²) < 4.78 is 9.37. The maximum Gasteiger partial charge on any atom is 0.407 e. The Morgan fingerprint density at radius 3 is 2.07 bits per heavy atom. The van der Waals surface area contributed by atoms with Gasteiger partial charge in [-0.25, -0.2) is 4.79 Å². The standard InChI is InChI=1S/C20H23N3O5/c1-27-13-18(24)21-15-8-10-16(11-9-15)22-19(25)17(23-20(26)28-2)12-14-6-4-3-5-7-14/h3-11,17H,12-13H2,1-2H3,(H,21,24)(H,22,25)(H,23,26). The number of alkyl carbamates (subject to hydrolysis) is 1. The van der Waals surface area contributed by atoms with Crippen LogP contribution in [0, 0.1) is 0 Å². The zero-order chi connectivity index (χ0) is 20.4. The quantitative estimate of drug-likeness (QED) is 0.646. The van der Waals surface area contributed by atoms with E-state index in [1.54, 1.807) is 24.3 Å². The highest BCUT2D eigenvalue weighted by molar-refractivity contribution is 5.97. The molecule has 0 saturated carbocycles. The molecule has 0 aromatic heterocycles. The third kappa shape index (κ3) is 6.73. The van der Waals surface area contributed by atoms with Crippen molar-refractivity contribution in [2.45, 2.75) is 12.5 Å². The molecule has 0 bridgehead atoms. The maximum absolute atomic E-state index is 12.6. The maximum atomic E-state index is 12.6. The molecule has 1 unspecified atom stereocenters. The van der Waals surface area contributed by atoms with Crippen molar-refractivity contribution in [3.63, 3.8) is 0 Å². The lowest BCUT2D eigenvalue weighted by molar-refractivity contribution is -0.119. The van der Waals surface area contributed by atoms with Crippen LogP contribution in [-0.2, 0) is 25.5 Å². The van der Waals surface area contributed by atoms with Crippen LogP contribution in [0.1, 0.15) is 5.56 Å². The summed E-state index contributed by atoms with van der Waals surface area (Å²) in [5.74, 6) is -0.657. The van der Waals surface area contributed by atoms with Crippen LogP contribution in [0.5, 0.6) is 0 Å². The number of benzene rings is 2. The van der Waals surface area contributed by atoms with E-state index in [1.807, 2.05) is 30.3 Å². The van der Waals surface area contributed by atoms with Gasteiger partial charge in [0.1, 0.15) is 12.6 Å². The van der Waals surface area contributed by atoms with E-state index < -0.39 is 12.1 Å². The highest BCUT2D eigenvalue weighted by Gasteiger charge is 2.21. The summed E-state index contributed by atoms with van der Waals surface area (Å²) in [6.45, 7) is -0.0428. The fourth-order valence-corrected chi connectivity index (χ4v) is 2.45. The summed E-state index contributed by atoms with van der Waals surface area (Å²) in [6, 6.07) is 15.1. The van der Waals surface area contributed by atoms with Crippen molar-refractivity contribution >= 4 is 29.3 Å². The van der Waals surface area contributed by atoms with E-state index in [-0.39, 0.29) is 18.4 Å². The van der Waals surface area contributed by atoms with Crippen molar-refractivity contribution in [2.75, 3.05) is 31.5 Å². The van der Waals surface area contributed by atoms with E-state index in [0.29, 0.717) is 17.8 Å². The zero-order valence-electron chi connectivity index (χ0n) is 15.7. The monoisotopic (exact) mass is 385 g/mol. The number of hydrogen-bond acceptors (Lipinski definition) is 5. The first kappa shape index (κ1) is 20.9. The summed E-state index contributed by atoms with van der Waals surface area (Å²) in [7, 11) is 2.68. The highest BCUT2D eigenvalue weighted by atomic mass is 16.5. The van der Waals surface area contributed by atoms with E-state index in [1.165, 1.54) is 14.2 Å². The largest absolute Gasteiger partial charge is 0.453 e. The molecule has 0 heterocycles. The SMILES string of the molecule is COCC(=O)Nc1ccc(NC(=O)C(Cc2ccccc2)NC(=O)OC)cc1. The Hall–Kier alpha value is -3.39. The van der Waals surface area contributed by atoms with Crippen LogP contribution in [0.2, 0.25) is 0 Å². The van der Waals surface area contributed by atoms with Gasteiger partial charge < -0.3 is 25.4 Å². The van der Waals surface area contributed by atoms with Gasteiger partial charge in [-0.05, 0) is 29.8 Å². The molecule has 0 aliphatic rings. The molecule has 28 heavy (non-hydrogen) atoms. The molecule has 3 amide bonds. The fraction of sp³-hybridized carbons (Fsp3) is 0.250. The smallest absolute Gasteiger partial charge is 0.407 e. The lowest BCUT2D eigenvalue weighted by Gasteiger charge is -2.18. The number of methoxy groups -OCH3 is 2. The van der Waals surface area contributed by atoms with Crippen molar-refractivity contribution in [3.05, 3.63) is 60.2 Å². The highest BCUT2D eigenvalue weighted by Crippen LogP contribution is 2.14. The van der Waals surface area contributed by atoms with E-state index in [4.69, 9.17) is 4.74 Å². The first-order valence-corrected chi connectivity index (χ1v) is 8.60. The fourth-order valence-electron chi connectivity index (χ4n) is 2.45. The van der Waals surface area contributed by atoms with Crippen LogP contribution in [0.25, 0.3) is 0 Å². The number of rotatable bonds is 8. The Kier molecular flexibility index (Phi) is 7.98. The second kappa shape index (κ2) is 10.7. The minimum absolute atomic E-state index is 0.0428. The van der Waals surface area contributed by atoms with Crippen molar-refractivity contribution in [2.24, 2.45) is 0 Å². The van der Waals surface area contributed by atoms with Crippen LogP contribution >= 0.6 is 0 Å². The molecule has 8 nitrogen and oxygen atoms in total. The Labute approximate surface area is 163 Å². The molecule has 0 saturated heterocycles. The first-order valence-electron chi connectivity index (χ1n) is 8.60. The van der Waals surface area contributed by atoms with E-state index in [2.05, 4.69) is 20.7 Å². The number of hydrogen-bond donors (Lipinski definition) is 3. The molecule has 148 valence electrons. The summed E-state index contributed by atoms with van der Waals surface area (Å²) >= 11 is 0. The number of nitrogens with one attached hydrogen (secondary N) is 3. The molecular weight excluding hydrogens is 362 g/mol. The molecule has 2 aromatic carbocycles. The number of amides is 3. The van der Waals surface area contributed by atoms with Crippen LogP contribution < -0.4 is 16.0 Å². The minimum atomic E-state index is -0.809. The van der Waals surface area contributed by atoms with Gasteiger partial charge >= 0.3 is 6.09 Å². The van der Waals surface area contributed by atoms with E-state index in [9.17, 15) is 14.4 Å². The minimum Gasteiger partial charge on any atom is -0.453 e. The predicted molar refractivity (Wildman–Crippen MR) is 105 cm³/mol. The van der Waals surface area contributed by atoms with Crippen LogP contribution in [0.3, 0.4) is 0 Å². The predicted octanol–water partition coefficient (Wildman–Crippen LogP) is 2.18. The second-order valence-electron chi connectivity index (χ2n) is 5.93. The van der Waals surface area contributed by atoms with Gasteiger partial charge in [0.15, 0.2) is 0 Å². The molecule has 3 N–H and O–H groups in total. The van der Waals surface area contributed by atoms with Crippen molar-refractivity contribution in [1.29, 1.82) is 0 Å². The van der Waals surface area contributed by atoms with Crippen molar-refractivity contribution < 1.29 is 23.9 Å². The average Bonchev–Trinajstić information content (AvgIpc) is 2.69. The molecule has 0 spiro atoms. The second-order valence-corrected chi connectivity index (χ2v) is 5.93. The van der Waals surface area contributed by atoms with Crippen LogP contribution in [-0.4, -0.2) is 44.8 Å². The third-order valence-corrected chi connectivity index (χ3v) is 3.79. The van der Waals surface area contributed by atoms with Gasteiger partial charge in [-0.3, -0.25) is 9.59 Å². The third-order valence-electron chi connectivity index (χ3n) is 3.79. The molecule has 0 aliphatic heterocycles. The van der Waals surface area contributed by atoms with Crippen molar-refractivity contribution in [3.8, 4) is 0 Å². The Morgan fingerprint density at radius 1 is 0.893 bits per heavy atom. The van der Waals surface area contributed by atoms with Gasteiger partial charge in [0.05, 0.1) is 7.11 Å². The van der Waals surface area contributed by atoms with Gasteiger partial charge in [-0.15, -0.1) is 0 Å². The normalized spacial score (nSPS) is 11.2. The first-order chi connectivity index (χ1) is 13.5. The van der Waals surface area contributed by atoms with E-state index in [0.717, 1.165) is 5.56 Å².